The smallest absolute Gasteiger partial charge is 0.138 e. The summed E-state index contributed by atoms with van der Waals surface area (Å²) < 4.78 is 5.21. The molecule has 1 fully saturated rings. The molecule has 0 radical (unpaired) electrons. The maximum Gasteiger partial charge on any atom is 0.138 e. The zero-order valence-corrected chi connectivity index (χ0v) is 11.5. The largest absolute Gasteiger partial charge is 0.361 e. The van der Waals surface area contributed by atoms with Crippen LogP contribution in [0.5, 0.6) is 0 Å². The monoisotopic (exact) mass is 250 g/mol. The Labute approximate surface area is 108 Å². The molecule has 0 amide bonds. The molecule has 0 aromatic carbocycles. The molecule has 1 aliphatic rings. The van der Waals surface area contributed by atoms with Crippen LogP contribution in [0.25, 0.3) is 0 Å². The molecule has 0 bridgehead atoms. The minimum Gasteiger partial charge on any atom is -0.361 e. The van der Waals surface area contributed by atoms with Crippen molar-refractivity contribution in [3.63, 3.8) is 0 Å². The Morgan fingerprint density at radius 3 is 2.83 bits per heavy atom. The summed E-state index contributed by atoms with van der Waals surface area (Å²) in [5.41, 5.74) is 2.16. The quantitative estimate of drug-likeness (QED) is 0.824. The number of aryl methyl sites for hydroxylation is 2. The van der Waals surface area contributed by atoms with Gasteiger partial charge in [-0.15, -0.1) is 0 Å². The summed E-state index contributed by atoms with van der Waals surface area (Å²) in [6, 6.07) is 0.393. The first-order chi connectivity index (χ1) is 8.58. The van der Waals surface area contributed by atoms with Gasteiger partial charge in [0.1, 0.15) is 11.5 Å². The predicted molar refractivity (Wildman–Crippen MR) is 69.3 cm³/mol. The number of aromatic nitrogens is 1. The van der Waals surface area contributed by atoms with Gasteiger partial charge in [0.05, 0.1) is 5.69 Å². The average Bonchev–Trinajstić information content (AvgIpc) is 2.62. The summed E-state index contributed by atoms with van der Waals surface area (Å²) in [6.45, 7) is 7.55. The summed E-state index contributed by atoms with van der Waals surface area (Å²) in [5, 5.41) is 4.00. The van der Waals surface area contributed by atoms with Gasteiger partial charge in [-0.05, 0) is 40.2 Å². The van der Waals surface area contributed by atoms with Crippen LogP contribution in [0.15, 0.2) is 4.52 Å². The Kier molecular flexibility index (Phi) is 4.17. The number of carbonyl (C=O) groups is 1. The van der Waals surface area contributed by atoms with Crippen LogP contribution in [0, 0.1) is 13.8 Å². The highest BCUT2D eigenvalue weighted by Crippen LogP contribution is 2.24. The first-order valence-corrected chi connectivity index (χ1v) is 6.73. The molecule has 4 nitrogen and oxygen atoms in total. The first-order valence-electron chi connectivity index (χ1n) is 6.73. The molecule has 1 atom stereocenters. The van der Waals surface area contributed by atoms with Crippen molar-refractivity contribution in [2.45, 2.75) is 59.0 Å². The van der Waals surface area contributed by atoms with Gasteiger partial charge < -0.3 is 4.52 Å². The van der Waals surface area contributed by atoms with E-state index in [4.69, 9.17) is 4.52 Å². The highest BCUT2D eigenvalue weighted by atomic mass is 16.5. The summed E-state index contributed by atoms with van der Waals surface area (Å²) in [7, 11) is 0. The summed E-state index contributed by atoms with van der Waals surface area (Å²) in [4.78, 5) is 13.8. The number of nitrogens with zero attached hydrogens (tertiary/aromatic N) is 2. The number of piperidine rings is 1. The maximum absolute atomic E-state index is 11.3. The molecule has 1 aromatic heterocycles. The molecular weight excluding hydrogens is 228 g/mol. The van der Waals surface area contributed by atoms with E-state index in [1.807, 2.05) is 13.8 Å². The van der Waals surface area contributed by atoms with Crippen molar-refractivity contribution in [3.05, 3.63) is 17.0 Å². The fraction of sp³-hybridized carbons (Fsp3) is 0.714. The Balaban J connectivity index is 2.07. The normalized spacial score (nSPS) is 21.2. The highest BCUT2D eigenvalue weighted by molar-refractivity contribution is 5.76. The van der Waals surface area contributed by atoms with Gasteiger partial charge in [-0.3, -0.25) is 9.69 Å². The van der Waals surface area contributed by atoms with Crippen LogP contribution in [0.3, 0.4) is 0 Å². The van der Waals surface area contributed by atoms with Crippen molar-refractivity contribution in [1.29, 1.82) is 0 Å². The molecular formula is C14H22N2O2. The number of Topliss-reactive ketones (excluding diaryl/α,β-unsaturated/α-hetero) is 1. The van der Waals surface area contributed by atoms with Crippen LogP contribution >= 0.6 is 0 Å². The highest BCUT2D eigenvalue weighted by Gasteiger charge is 2.25. The predicted octanol–water partition coefficient (Wildman–Crippen LogP) is 2.63. The van der Waals surface area contributed by atoms with Crippen molar-refractivity contribution in [3.8, 4) is 0 Å². The number of rotatable bonds is 4. The van der Waals surface area contributed by atoms with Crippen molar-refractivity contribution in [1.82, 2.24) is 10.1 Å². The van der Waals surface area contributed by atoms with E-state index in [-0.39, 0.29) is 5.78 Å². The van der Waals surface area contributed by atoms with E-state index in [1.54, 1.807) is 6.92 Å². The molecule has 1 unspecified atom stereocenters. The number of carbonyl (C=O) groups excluding carboxylic acids is 1. The minimum absolute atomic E-state index is 0.283. The van der Waals surface area contributed by atoms with Gasteiger partial charge in [-0.25, -0.2) is 0 Å². The summed E-state index contributed by atoms with van der Waals surface area (Å²) >= 11 is 0. The second kappa shape index (κ2) is 5.65. The van der Waals surface area contributed by atoms with E-state index in [2.05, 4.69) is 10.1 Å². The molecule has 100 valence electrons. The first kappa shape index (κ1) is 13.3. The van der Waals surface area contributed by atoms with Crippen LogP contribution in [-0.2, 0) is 11.3 Å². The van der Waals surface area contributed by atoms with E-state index >= 15 is 0 Å². The minimum atomic E-state index is 0.283. The van der Waals surface area contributed by atoms with Crippen molar-refractivity contribution < 1.29 is 9.32 Å². The Bertz CT molecular complexity index is 406. The van der Waals surface area contributed by atoms with Crippen LogP contribution < -0.4 is 0 Å². The van der Waals surface area contributed by atoms with E-state index in [9.17, 15) is 4.79 Å². The van der Waals surface area contributed by atoms with E-state index in [1.165, 1.54) is 18.4 Å². The molecule has 2 heterocycles. The third-order valence-electron chi connectivity index (χ3n) is 3.81. The zero-order valence-electron chi connectivity index (χ0n) is 11.5. The summed E-state index contributed by atoms with van der Waals surface area (Å²) in [5.74, 6) is 1.19. The third-order valence-corrected chi connectivity index (χ3v) is 3.81. The second-order valence-electron chi connectivity index (χ2n) is 5.33. The molecule has 2 rings (SSSR count). The third kappa shape index (κ3) is 2.99. The van der Waals surface area contributed by atoms with Gasteiger partial charge in [0, 0.05) is 24.6 Å². The van der Waals surface area contributed by atoms with Gasteiger partial charge in [0.25, 0.3) is 0 Å². The molecule has 1 saturated heterocycles. The molecule has 1 aliphatic heterocycles. The van der Waals surface area contributed by atoms with Crippen molar-refractivity contribution >= 4 is 5.78 Å². The standard InChI is InChI=1S/C14H22N2O2/c1-10(17)8-13-6-4-5-7-16(13)9-14-11(2)15-18-12(14)3/h13H,4-9H2,1-3H3. The number of ketones is 1. The molecule has 0 saturated carbocycles. The van der Waals surface area contributed by atoms with Crippen molar-refractivity contribution in [2.24, 2.45) is 0 Å². The summed E-state index contributed by atoms with van der Waals surface area (Å²) in [6.07, 6.45) is 4.25. The number of hydrogen-bond acceptors (Lipinski definition) is 4. The van der Waals surface area contributed by atoms with Crippen LogP contribution in [0.4, 0.5) is 0 Å². The van der Waals surface area contributed by atoms with Gasteiger partial charge in [-0.2, -0.15) is 0 Å². The fourth-order valence-corrected chi connectivity index (χ4v) is 2.76. The van der Waals surface area contributed by atoms with Gasteiger partial charge in [-0.1, -0.05) is 11.6 Å². The van der Waals surface area contributed by atoms with E-state index in [0.717, 1.165) is 31.0 Å². The second-order valence-corrected chi connectivity index (χ2v) is 5.33. The van der Waals surface area contributed by atoms with Crippen LogP contribution in [-0.4, -0.2) is 28.4 Å². The average molecular weight is 250 g/mol. The van der Waals surface area contributed by atoms with E-state index < -0.39 is 0 Å². The molecule has 0 spiro atoms. The molecule has 0 aliphatic carbocycles. The van der Waals surface area contributed by atoms with Gasteiger partial charge in [0.15, 0.2) is 0 Å². The van der Waals surface area contributed by atoms with Crippen molar-refractivity contribution in [2.75, 3.05) is 6.54 Å². The van der Waals surface area contributed by atoms with Crippen LogP contribution in [0.2, 0.25) is 0 Å². The topological polar surface area (TPSA) is 46.3 Å². The Morgan fingerprint density at radius 1 is 1.44 bits per heavy atom. The zero-order chi connectivity index (χ0) is 13.1. The Hall–Kier alpha value is -1.16. The maximum atomic E-state index is 11.3. The number of likely N-dealkylation sites (tertiary alicyclic amines) is 1. The van der Waals surface area contributed by atoms with Crippen LogP contribution in [0.1, 0.15) is 49.6 Å². The fourth-order valence-electron chi connectivity index (χ4n) is 2.76. The lowest BCUT2D eigenvalue weighted by atomic mass is 9.97. The molecule has 1 aromatic rings. The lowest BCUT2D eigenvalue weighted by Crippen LogP contribution is -2.40. The molecule has 18 heavy (non-hydrogen) atoms. The SMILES string of the molecule is CC(=O)CC1CCCCN1Cc1c(C)noc1C. The van der Waals surface area contributed by atoms with Gasteiger partial charge in [0.2, 0.25) is 0 Å². The number of hydrogen-bond donors (Lipinski definition) is 0. The Morgan fingerprint density at radius 2 is 2.22 bits per heavy atom. The molecule has 4 heteroatoms. The van der Waals surface area contributed by atoms with E-state index in [0.29, 0.717) is 12.5 Å². The molecule has 0 N–H and O–H groups in total. The lowest BCUT2D eigenvalue weighted by Gasteiger charge is -2.35. The lowest BCUT2D eigenvalue weighted by molar-refractivity contribution is -0.118. The van der Waals surface area contributed by atoms with Gasteiger partial charge >= 0.3 is 0 Å².